The van der Waals surface area contributed by atoms with E-state index >= 15 is 0 Å². The Balaban J connectivity index is 1.56. The lowest BCUT2D eigenvalue weighted by Gasteiger charge is -2.40. The van der Waals surface area contributed by atoms with Crippen LogP contribution in [0.25, 0.3) is 21.5 Å². The normalized spacial score (nSPS) is 20.4. The van der Waals surface area contributed by atoms with Gasteiger partial charge >= 0.3 is 0 Å². The van der Waals surface area contributed by atoms with Crippen LogP contribution in [0.2, 0.25) is 0 Å². The molecule has 6 heteroatoms. The van der Waals surface area contributed by atoms with Crippen molar-refractivity contribution in [3.63, 3.8) is 0 Å². The molecule has 1 saturated heterocycles. The second-order valence-electron chi connectivity index (χ2n) is 7.34. The van der Waals surface area contributed by atoms with Gasteiger partial charge in [0.05, 0.1) is 17.6 Å². The number of aromatic amines is 1. The smallest absolute Gasteiger partial charge is 0.135 e. The van der Waals surface area contributed by atoms with Crippen molar-refractivity contribution in [2.75, 3.05) is 19.7 Å². The standard InChI is InChI=1S/C20H23N3O2S/c1-12(24)19-22-15-3-2-13(10-16(15)23-19)17-11-14-4-9-25-20(18(14)26-17)5-7-21-8-6-20/h2-3,10-12,21,24H,4-9H2,1H3,(H,22,23). The Kier molecular flexibility index (Phi) is 3.90. The maximum absolute atomic E-state index is 9.75. The number of hydrogen-bond donors (Lipinski definition) is 3. The van der Waals surface area contributed by atoms with Crippen molar-refractivity contribution in [1.29, 1.82) is 0 Å². The van der Waals surface area contributed by atoms with Crippen LogP contribution in [-0.2, 0) is 16.8 Å². The van der Waals surface area contributed by atoms with Crippen molar-refractivity contribution in [3.8, 4) is 10.4 Å². The summed E-state index contributed by atoms with van der Waals surface area (Å²) in [5.74, 6) is 0.615. The third-order valence-electron chi connectivity index (χ3n) is 5.56. The number of thiophene rings is 1. The first-order chi connectivity index (χ1) is 12.6. The zero-order valence-electron chi connectivity index (χ0n) is 14.8. The van der Waals surface area contributed by atoms with E-state index in [4.69, 9.17) is 4.74 Å². The van der Waals surface area contributed by atoms with Crippen LogP contribution in [0.4, 0.5) is 0 Å². The lowest BCUT2D eigenvalue weighted by Crippen LogP contribution is -2.43. The molecule has 1 atom stereocenters. The fourth-order valence-electron chi connectivity index (χ4n) is 4.15. The topological polar surface area (TPSA) is 70.2 Å². The molecule has 0 bridgehead atoms. The Hall–Kier alpha value is -1.73. The van der Waals surface area contributed by atoms with Crippen molar-refractivity contribution in [1.82, 2.24) is 15.3 Å². The van der Waals surface area contributed by atoms with Gasteiger partial charge in [-0.2, -0.15) is 0 Å². The first-order valence-electron chi connectivity index (χ1n) is 9.31. The summed E-state index contributed by atoms with van der Waals surface area (Å²) < 4.78 is 6.31. The van der Waals surface area contributed by atoms with Crippen molar-refractivity contribution >= 4 is 22.4 Å². The maximum Gasteiger partial charge on any atom is 0.135 e. The van der Waals surface area contributed by atoms with Gasteiger partial charge in [-0.05, 0) is 68.6 Å². The lowest BCUT2D eigenvalue weighted by atomic mass is 9.86. The van der Waals surface area contributed by atoms with Gasteiger partial charge in [0.15, 0.2) is 0 Å². The van der Waals surface area contributed by atoms with E-state index < -0.39 is 6.10 Å². The summed E-state index contributed by atoms with van der Waals surface area (Å²) in [6, 6.07) is 8.64. The summed E-state index contributed by atoms with van der Waals surface area (Å²) in [7, 11) is 0. The number of hydrogen-bond acceptors (Lipinski definition) is 5. The number of fused-ring (bicyclic) bond motifs is 3. The molecule has 5 nitrogen and oxygen atoms in total. The Labute approximate surface area is 156 Å². The summed E-state index contributed by atoms with van der Waals surface area (Å²) in [6.07, 6.45) is 2.52. The minimum Gasteiger partial charge on any atom is -0.385 e. The lowest BCUT2D eigenvalue weighted by molar-refractivity contribution is -0.0771. The van der Waals surface area contributed by atoms with E-state index in [0.717, 1.165) is 50.0 Å². The molecular weight excluding hydrogens is 346 g/mol. The van der Waals surface area contributed by atoms with E-state index in [2.05, 4.69) is 33.5 Å². The van der Waals surface area contributed by atoms with Crippen LogP contribution in [0.5, 0.6) is 0 Å². The Morgan fingerprint density at radius 2 is 2.12 bits per heavy atom. The molecule has 26 heavy (non-hydrogen) atoms. The van der Waals surface area contributed by atoms with Crippen LogP contribution >= 0.6 is 11.3 Å². The van der Waals surface area contributed by atoms with Gasteiger partial charge in [-0.15, -0.1) is 11.3 Å². The van der Waals surface area contributed by atoms with E-state index in [1.165, 1.54) is 20.9 Å². The van der Waals surface area contributed by atoms with E-state index in [0.29, 0.717) is 5.82 Å². The molecule has 0 aliphatic carbocycles. The predicted octanol–water partition coefficient (Wildman–Crippen LogP) is 3.50. The highest BCUT2D eigenvalue weighted by atomic mass is 32.1. The molecular formula is C20H23N3O2S. The van der Waals surface area contributed by atoms with Gasteiger partial charge in [-0.1, -0.05) is 6.07 Å². The van der Waals surface area contributed by atoms with Gasteiger partial charge in [0.1, 0.15) is 17.5 Å². The highest BCUT2D eigenvalue weighted by Crippen LogP contribution is 2.46. The van der Waals surface area contributed by atoms with Crippen molar-refractivity contribution in [2.45, 2.75) is 37.9 Å². The van der Waals surface area contributed by atoms with Gasteiger partial charge < -0.3 is 20.1 Å². The van der Waals surface area contributed by atoms with E-state index in [-0.39, 0.29) is 5.60 Å². The second kappa shape index (κ2) is 6.16. The second-order valence-corrected chi connectivity index (χ2v) is 8.39. The first-order valence-corrected chi connectivity index (χ1v) is 10.1. The van der Waals surface area contributed by atoms with Crippen LogP contribution in [0.3, 0.4) is 0 Å². The molecule has 2 aromatic heterocycles. The fraction of sp³-hybridized carbons (Fsp3) is 0.450. The molecule has 0 amide bonds. The van der Waals surface area contributed by atoms with Gasteiger partial charge in [0.25, 0.3) is 0 Å². The van der Waals surface area contributed by atoms with Crippen molar-refractivity contribution in [2.24, 2.45) is 0 Å². The fourth-order valence-corrected chi connectivity index (χ4v) is 5.55. The van der Waals surface area contributed by atoms with Gasteiger partial charge in [-0.25, -0.2) is 4.98 Å². The number of ether oxygens (including phenoxy) is 1. The first kappa shape index (κ1) is 16.4. The maximum atomic E-state index is 9.75. The van der Waals surface area contributed by atoms with Crippen LogP contribution in [0.15, 0.2) is 24.3 Å². The van der Waals surface area contributed by atoms with Crippen molar-refractivity contribution < 1.29 is 9.84 Å². The molecule has 136 valence electrons. The summed E-state index contributed by atoms with van der Waals surface area (Å²) in [5.41, 5.74) is 4.43. The van der Waals surface area contributed by atoms with E-state index in [1.54, 1.807) is 6.92 Å². The third-order valence-corrected chi connectivity index (χ3v) is 6.98. The molecule has 2 aliphatic rings. The summed E-state index contributed by atoms with van der Waals surface area (Å²) >= 11 is 1.88. The Morgan fingerprint density at radius 3 is 2.92 bits per heavy atom. The number of aliphatic hydroxyl groups excluding tert-OH is 1. The molecule has 1 aromatic carbocycles. The number of piperidine rings is 1. The molecule has 3 N–H and O–H groups in total. The van der Waals surface area contributed by atoms with Crippen LogP contribution in [-0.4, -0.2) is 34.8 Å². The number of nitrogens with zero attached hydrogens (tertiary/aromatic N) is 1. The van der Waals surface area contributed by atoms with Crippen molar-refractivity contribution in [3.05, 3.63) is 40.5 Å². The molecule has 5 rings (SSSR count). The van der Waals surface area contributed by atoms with Gasteiger partial charge in [-0.3, -0.25) is 0 Å². The van der Waals surface area contributed by atoms with Crippen LogP contribution in [0.1, 0.15) is 42.1 Å². The minimum atomic E-state index is -0.586. The largest absolute Gasteiger partial charge is 0.385 e. The summed E-state index contributed by atoms with van der Waals surface area (Å²) in [6.45, 7) is 4.59. The zero-order valence-corrected chi connectivity index (χ0v) is 15.7. The molecule has 2 aliphatic heterocycles. The average Bonchev–Trinajstić information content (AvgIpc) is 3.27. The quantitative estimate of drug-likeness (QED) is 0.647. The molecule has 0 saturated carbocycles. The number of rotatable bonds is 2. The number of nitrogens with one attached hydrogen (secondary N) is 2. The number of aromatic nitrogens is 2. The monoisotopic (exact) mass is 369 g/mol. The number of benzene rings is 1. The minimum absolute atomic E-state index is 0.0840. The van der Waals surface area contributed by atoms with E-state index in [9.17, 15) is 5.11 Å². The third kappa shape index (κ3) is 2.60. The van der Waals surface area contributed by atoms with Gasteiger partial charge in [0.2, 0.25) is 0 Å². The molecule has 1 spiro atoms. The van der Waals surface area contributed by atoms with Crippen LogP contribution < -0.4 is 5.32 Å². The summed E-state index contributed by atoms with van der Waals surface area (Å²) in [4.78, 5) is 10.4. The van der Waals surface area contributed by atoms with E-state index in [1.807, 2.05) is 17.4 Å². The van der Waals surface area contributed by atoms with Crippen LogP contribution in [0, 0.1) is 0 Å². The Bertz CT molecular complexity index is 953. The highest BCUT2D eigenvalue weighted by molar-refractivity contribution is 7.15. The molecule has 3 aromatic rings. The number of imidazole rings is 1. The molecule has 1 fully saturated rings. The molecule has 4 heterocycles. The number of aliphatic hydroxyl groups is 1. The number of H-pyrrole nitrogens is 1. The predicted molar refractivity (Wildman–Crippen MR) is 103 cm³/mol. The summed E-state index contributed by atoms with van der Waals surface area (Å²) in [5, 5.41) is 13.2. The average molecular weight is 369 g/mol. The Morgan fingerprint density at radius 1 is 1.27 bits per heavy atom. The molecule has 0 radical (unpaired) electrons. The molecule has 1 unspecified atom stereocenters. The highest BCUT2D eigenvalue weighted by Gasteiger charge is 2.40. The van der Waals surface area contributed by atoms with Gasteiger partial charge in [0, 0.05) is 9.75 Å². The zero-order chi connectivity index (χ0) is 17.7. The SMILES string of the molecule is CC(O)c1nc2ccc(-c3cc4c(s3)C3(CCNCC3)OCC4)cc2[nH]1.